The highest BCUT2D eigenvalue weighted by Gasteiger charge is 2.39. The first-order valence-electron chi connectivity index (χ1n) is 21.9. The average Bonchev–Trinajstić information content (AvgIpc) is 3.37. The van der Waals surface area contributed by atoms with Crippen LogP contribution in [-0.2, 0) is 0 Å². The first-order chi connectivity index (χ1) is 31.7. The summed E-state index contributed by atoms with van der Waals surface area (Å²) < 4.78 is 0. The molecular formula is C62H42Si2. The van der Waals surface area contributed by atoms with Crippen molar-refractivity contribution in [3.8, 4) is 22.9 Å². The van der Waals surface area contributed by atoms with Gasteiger partial charge >= 0.3 is 0 Å². The summed E-state index contributed by atoms with van der Waals surface area (Å²) in [6.07, 6.45) is 0. The van der Waals surface area contributed by atoms with E-state index >= 15 is 0 Å². The zero-order valence-electron chi connectivity index (χ0n) is 35.2. The van der Waals surface area contributed by atoms with Crippen LogP contribution in [0.25, 0.3) is 43.1 Å². The number of fused-ring (bicyclic) bond motifs is 4. The van der Waals surface area contributed by atoms with Crippen molar-refractivity contribution in [1.29, 1.82) is 0 Å². The van der Waals surface area contributed by atoms with Gasteiger partial charge in [0.05, 0.1) is 0 Å². The predicted molar refractivity (Wildman–Crippen MR) is 278 cm³/mol. The molecule has 0 N–H and O–H groups in total. The molecule has 0 aliphatic rings. The van der Waals surface area contributed by atoms with E-state index in [1.165, 1.54) is 63.4 Å². The molecule has 2 heteroatoms. The molecule has 0 aliphatic carbocycles. The first kappa shape index (κ1) is 38.9. The Morgan fingerprint density at radius 3 is 0.906 bits per heavy atom. The van der Waals surface area contributed by atoms with Crippen LogP contribution in [0, 0.1) is 22.9 Å². The van der Waals surface area contributed by atoms with Gasteiger partial charge in [0.2, 0.25) is 16.1 Å². The Balaban J connectivity index is 1.20. The Morgan fingerprint density at radius 1 is 0.234 bits per heavy atom. The lowest BCUT2D eigenvalue weighted by atomic mass is 9.95. The lowest BCUT2D eigenvalue weighted by Crippen LogP contribution is -2.66. The monoisotopic (exact) mass is 842 g/mol. The normalized spacial score (nSPS) is 11.5. The third-order valence-electron chi connectivity index (χ3n) is 12.7. The fourth-order valence-corrected chi connectivity index (χ4v) is 17.3. The molecule has 64 heavy (non-hydrogen) atoms. The Kier molecular flexibility index (Phi) is 10.2. The molecule has 0 radical (unpaired) electrons. The van der Waals surface area contributed by atoms with Gasteiger partial charge in [0.1, 0.15) is 0 Å². The van der Waals surface area contributed by atoms with Crippen LogP contribution in [0.15, 0.2) is 255 Å². The molecule has 0 atom stereocenters. The van der Waals surface area contributed by atoms with Gasteiger partial charge in [-0.05, 0) is 123 Å². The van der Waals surface area contributed by atoms with E-state index in [0.29, 0.717) is 0 Å². The second kappa shape index (κ2) is 16.7. The maximum Gasteiger partial charge on any atom is 0.230 e. The number of hydrogen-bond acceptors (Lipinski definition) is 0. The van der Waals surface area contributed by atoms with Crippen LogP contribution in [-0.4, -0.2) is 16.1 Å². The molecule has 0 fully saturated rings. The van der Waals surface area contributed by atoms with E-state index in [0.717, 1.165) is 21.9 Å². The highest BCUT2D eigenvalue weighted by Crippen LogP contribution is 2.32. The van der Waals surface area contributed by atoms with Crippen LogP contribution in [0.1, 0.15) is 11.1 Å². The second-order valence-electron chi connectivity index (χ2n) is 16.5. The number of hydrogen-bond donors (Lipinski definition) is 0. The van der Waals surface area contributed by atoms with Crippen molar-refractivity contribution in [2.75, 3.05) is 0 Å². The van der Waals surface area contributed by atoms with E-state index in [1.54, 1.807) is 0 Å². The van der Waals surface area contributed by atoms with E-state index in [2.05, 4.69) is 278 Å². The van der Waals surface area contributed by atoms with E-state index < -0.39 is 16.1 Å². The largest absolute Gasteiger partial charge is 0.230 e. The molecule has 0 heterocycles. The van der Waals surface area contributed by atoms with Gasteiger partial charge in [-0.3, -0.25) is 0 Å². The van der Waals surface area contributed by atoms with Gasteiger partial charge in [0.15, 0.2) is 0 Å². The van der Waals surface area contributed by atoms with Gasteiger partial charge in [-0.2, -0.15) is 0 Å². The van der Waals surface area contributed by atoms with Crippen LogP contribution in [0.5, 0.6) is 0 Å². The Bertz CT molecular complexity index is 3390. The summed E-state index contributed by atoms with van der Waals surface area (Å²) >= 11 is 0. The molecule has 0 amide bonds. The average molecular weight is 843 g/mol. The lowest BCUT2D eigenvalue weighted by molar-refractivity contribution is 1.67. The SMILES string of the molecule is C(#C[Si](c1ccccc1)(c1ccccc1)c1ccccc1)c1cc(C#C[Si](c2ccccc2)(c2ccccc2)c2ccccc2)c2cc3cc4cc5ccccc5cc4cc3cc2c1. The fraction of sp³-hybridized carbons (Fsp3) is 0. The van der Waals surface area contributed by atoms with Gasteiger partial charge in [0, 0.05) is 11.1 Å². The maximum absolute atomic E-state index is 4.11. The molecular weight excluding hydrogens is 801 g/mol. The third kappa shape index (κ3) is 7.02. The molecule has 0 aliphatic heterocycles. The van der Waals surface area contributed by atoms with E-state index in [1.807, 2.05) is 0 Å². The predicted octanol–water partition coefficient (Wildman–Crippen LogP) is 10.4. The van der Waals surface area contributed by atoms with Crippen LogP contribution < -0.4 is 31.1 Å². The molecule has 0 saturated carbocycles. The Morgan fingerprint density at radius 2 is 0.531 bits per heavy atom. The van der Waals surface area contributed by atoms with Gasteiger partial charge in [-0.15, -0.1) is 11.1 Å². The van der Waals surface area contributed by atoms with Gasteiger partial charge in [-0.1, -0.05) is 218 Å². The van der Waals surface area contributed by atoms with Crippen molar-refractivity contribution < 1.29 is 0 Å². The first-order valence-corrected chi connectivity index (χ1v) is 25.9. The van der Waals surface area contributed by atoms with E-state index in [4.69, 9.17) is 0 Å². The highest BCUT2D eigenvalue weighted by atomic mass is 28.3. The molecule has 0 spiro atoms. The van der Waals surface area contributed by atoms with Crippen molar-refractivity contribution in [2.45, 2.75) is 0 Å². The van der Waals surface area contributed by atoms with Crippen LogP contribution in [0.2, 0.25) is 0 Å². The summed E-state index contributed by atoms with van der Waals surface area (Å²) in [5, 5.41) is 17.1. The van der Waals surface area contributed by atoms with Crippen molar-refractivity contribution >= 4 is 90.4 Å². The van der Waals surface area contributed by atoms with E-state index in [9.17, 15) is 0 Å². The smallest absolute Gasteiger partial charge is 0.109 e. The van der Waals surface area contributed by atoms with E-state index in [-0.39, 0.29) is 0 Å². The van der Waals surface area contributed by atoms with Gasteiger partial charge in [0.25, 0.3) is 0 Å². The topological polar surface area (TPSA) is 0 Å². The molecule has 0 aromatic heterocycles. The minimum atomic E-state index is -2.90. The second-order valence-corrected chi connectivity index (χ2v) is 23.5. The van der Waals surface area contributed by atoms with Gasteiger partial charge < -0.3 is 0 Å². The van der Waals surface area contributed by atoms with Crippen molar-refractivity contribution in [2.24, 2.45) is 0 Å². The quantitative estimate of drug-likeness (QED) is 0.0677. The standard InChI is InChI=1S/C62H42Si2/c1-7-23-56(24-8-1)63(57-25-9-2-10-26-57,58-27-11-3-12-28-58)37-35-47-39-50(36-38-64(59-29-13-4-14-30-59,60-31-15-5-16-32-60)61-33-17-6-18-34-61)62-46-54-44-52-42-49-22-20-19-21-48(49)41-51(52)43-53(54)45-55(62)40-47/h1-34,39-46H. The summed E-state index contributed by atoms with van der Waals surface area (Å²) in [5.74, 6) is 7.80. The van der Waals surface area contributed by atoms with Crippen molar-refractivity contribution in [3.63, 3.8) is 0 Å². The Labute approximate surface area is 377 Å². The highest BCUT2D eigenvalue weighted by molar-refractivity contribution is 7.17. The minimum Gasteiger partial charge on any atom is -0.109 e. The molecule has 0 nitrogen and oxygen atoms in total. The summed E-state index contributed by atoms with van der Waals surface area (Å²) in [5.41, 5.74) is 10.1. The van der Waals surface area contributed by atoms with Gasteiger partial charge in [-0.25, -0.2) is 0 Å². The molecule has 0 unspecified atom stereocenters. The van der Waals surface area contributed by atoms with Crippen LogP contribution in [0.4, 0.5) is 0 Å². The molecule has 11 aromatic rings. The summed E-state index contributed by atoms with van der Waals surface area (Å²) in [4.78, 5) is 0. The molecule has 0 bridgehead atoms. The zero-order chi connectivity index (χ0) is 42.8. The van der Waals surface area contributed by atoms with Crippen LogP contribution >= 0.6 is 0 Å². The summed E-state index contributed by atoms with van der Waals surface area (Å²) in [7, 11) is -5.76. The summed E-state index contributed by atoms with van der Waals surface area (Å²) in [6, 6.07) is 92.8. The molecule has 11 rings (SSSR count). The third-order valence-corrected chi connectivity index (χ3v) is 20.9. The fourth-order valence-electron chi connectivity index (χ4n) is 9.62. The molecule has 11 aromatic carbocycles. The molecule has 298 valence electrons. The van der Waals surface area contributed by atoms with Crippen molar-refractivity contribution in [1.82, 2.24) is 0 Å². The minimum absolute atomic E-state index is 0.953. The lowest BCUT2D eigenvalue weighted by Gasteiger charge is -2.28. The molecule has 0 saturated heterocycles. The zero-order valence-corrected chi connectivity index (χ0v) is 37.2. The number of benzene rings is 11. The number of rotatable bonds is 6. The summed E-state index contributed by atoms with van der Waals surface area (Å²) in [6.45, 7) is 0. The van der Waals surface area contributed by atoms with Crippen LogP contribution in [0.3, 0.4) is 0 Å². The maximum atomic E-state index is 4.11. The Hall–Kier alpha value is -7.99. The van der Waals surface area contributed by atoms with Crippen molar-refractivity contribution in [3.05, 3.63) is 266 Å².